The molecule has 0 saturated carbocycles. The zero-order valence-corrected chi connectivity index (χ0v) is 14.7. The number of para-hydroxylation sites is 1. The second-order valence-corrected chi connectivity index (χ2v) is 6.47. The van der Waals surface area contributed by atoms with E-state index in [9.17, 15) is 4.79 Å². The summed E-state index contributed by atoms with van der Waals surface area (Å²) in [5.41, 5.74) is 1.17. The highest BCUT2D eigenvalue weighted by Crippen LogP contribution is 2.39. The highest BCUT2D eigenvalue weighted by molar-refractivity contribution is 5.97. The van der Waals surface area contributed by atoms with Gasteiger partial charge in [-0.05, 0) is 63.2 Å². The molecule has 2 aliphatic heterocycles. The lowest BCUT2D eigenvalue weighted by Gasteiger charge is -2.44. The molecule has 1 aromatic rings. The zero-order valence-electron chi connectivity index (χ0n) is 13.8. The van der Waals surface area contributed by atoms with E-state index in [1.54, 1.807) is 0 Å². The van der Waals surface area contributed by atoms with Gasteiger partial charge in [-0.25, -0.2) is 0 Å². The maximum absolute atomic E-state index is 12.8. The van der Waals surface area contributed by atoms with Crippen molar-refractivity contribution in [3.63, 3.8) is 0 Å². The van der Waals surface area contributed by atoms with Gasteiger partial charge in [0.15, 0.2) is 0 Å². The van der Waals surface area contributed by atoms with Gasteiger partial charge < -0.3 is 15.0 Å². The van der Waals surface area contributed by atoms with Crippen molar-refractivity contribution in [1.29, 1.82) is 0 Å². The fraction of sp³-hybridized carbons (Fsp3) is 0.611. The van der Waals surface area contributed by atoms with Crippen LogP contribution in [-0.2, 0) is 0 Å². The summed E-state index contributed by atoms with van der Waals surface area (Å²) in [5, 5.41) is 3.44. The Hall–Kier alpha value is -1.26. The molecule has 128 valence electrons. The highest BCUT2D eigenvalue weighted by atomic mass is 35.5. The average Bonchev–Trinajstić information content (AvgIpc) is 2.57. The molecule has 0 bridgehead atoms. The number of hydrogen-bond acceptors (Lipinski definition) is 3. The van der Waals surface area contributed by atoms with Gasteiger partial charge in [-0.1, -0.05) is 12.1 Å². The molecule has 1 spiro atoms. The highest BCUT2D eigenvalue weighted by Gasteiger charge is 2.37. The van der Waals surface area contributed by atoms with Crippen LogP contribution in [0.1, 0.15) is 43.0 Å². The fourth-order valence-corrected chi connectivity index (χ4v) is 3.74. The largest absolute Gasteiger partial charge is 0.493 e. The number of amides is 1. The summed E-state index contributed by atoms with van der Waals surface area (Å²) in [6.45, 7) is 6.53. The van der Waals surface area contributed by atoms with Gasteiger partial charge in [0.2, 0.25) is 0 Å². The molecule has 23 heavy (non-hydrogen) atoms. The Morgan fingerprint density at radius 3 is 2.48 bits per heavy atom. The van der Waals surface area contributed by atoms with E-state index in [0.29, 0.717) is 23.3 Å². The molecule has 2 saturated heterocycles. The number of benzene rings is 1. The Labute approximate surface area is 145 Å². The summed E-state index contributed by atoms with van der Waals surface area (Å²) in [5.74, 6) is 0.824. The second-order valence-electron chi connectivity index (χ2n) is 6.47. The topological polar surface area (TPSA) is 41.6 Å². The molecule has 0 unspecified atom stereocenters. The molecular formula is C18H27ClN2O2. The third-order valence-electron chi connectivity index (χ3n) is 5.19. The molecule has 5 heteroatoms. The van der Waals surface area contributed by atoms with Crippen LogP contribution in [0, 0.1) is 5.41 Å². The molecule has 2 heterocycles. The number of carbonyl (C=O) groups excluding carboxylic acids is 1. The van der Waals surface area contributed by atoms with Gasteiger partial charge in [0, 0.05) is 13.1 Å². The lowest BCUT2D eigenvalue weighted by atomic mass is 9.71. The maximum atomic E-state index is 12.8. The van der Waals surface area contributed by atoms with Gasteiger partial charge in [-0.2, -0.15) is 0 Å². The van der Waals surface area contributed by atoms with Gasteiger partial charge in [0.25, 0.3) is 5.91 Å². The van der Waals surface area contributed by atoms with Crippen molar-refractivity contribution in [1.82, 2.24) is 10.2 Å². The van der Waals surface area contributed by atoms with E-state index in [1.165, 1.54) is 12.8 Å². The van der Waals surface area contributed by atoms with E-state index in [4.69, 9.17) is 4.74 Å². The molecule has 1 aromatic carbocycles. The smallest absolute Gasteiger partial charge is 0.257 e. The summed E-state index contributed by atoms with van der Waals surface area (Å²) in [7, 11) is 0. The standard InChI is InChI=1S/C18H26N2O2.ClH/c1-2-22-16-6-4-3-5-15(16)17(21)20-13-9-18(10-14-20)7-11-19-12-8-18;/h3-6,19H,2,7-14H2,1H3;1H. The number of rotatable bonds is 3. The van der Waals surface area contributed by atoms with Gasteiger partial charge >= 0.3 is 0 Å². The first kappa shape index (κ1) is 18.1. The Bertz CT molecular complexity index is 520. The molecule has 0 aliphatic carbocycles. The summed E-state index contributed by atoms with van der Waals surface area (Å²) in [6.07, 6.45) is 4.78. The molecule has 0 atom stereocenters. The van der Waals surface area contributed by atoms with Crippen molar-refractivity contribution < 1.29 is 9.53 Å². The maximum Gasteiger partial charge on any atom is 0.257 e. The number of ether oxygens (including phenoxy) is 1. The van der Waals surface area contributed by atoms with Crippen molar-refractivity contribution in [2.45, 2.75) is 32.6 Å². The predicted molar refractivity (Wildman–Crippen MR) is 94.5 cm³/mol. The van der Waals surface area contributed by atoms with E-state index < -0.39 is 0 Å². The first-order valence-corrected chi connectivity index (χ1v) is 8.46. The molecular weight excluding hydrogens is 312 g/mol. The van der Waals surface area contributed by atoms with Crippen LogP contribution in [0.25, 0.3) is 0 Å². The van der Waals surface area contributed by atoms with Crippen LogP contribution in [0.4, 0.5) is 0 Å². The number of hydrogen-bond donors (Lipinski definition) is 1. The molecule has 2 fully saturated rings. The van der Waals surface area contributed by atoms with Crippen LogP contribution < -0.4 is 10.1 Å². The SMILES string of the molecule is CCOc1ccccc1C(=O)N1CCC2(CCNCC2)CC1.Cl. The van der Waals surface area contributed by atoms with Gasteiger partial charge in [-0.3, -0.25) is 4.79 Å². The Balaban J connectivity index is 0.00000192. The van der Waals surface area contributed by atoms with Crippen LogP contribution in [-0.4, -0.2) is 43.6 Å². The number of likely N-dealkylation sites (tertiary alicyclic amines) is 1. The van der Waals surface area contributed by atoms with Crippen LogP contribution in [0.2, 0.25) is 0 Å². The van der Waals surface area contributed by atoms with E-state index in [2.05, 4.69) is 5.32 Å². The lowest BCUT2D eigenvalue weighted by Crippen LogP contribution is -2.47. The molecule has 1 N–H and O–H groups in total. The van der Waals surface area contributed by atoms with Crippen molar-refractivity contribution in [2.75, 3.05) is 32.8 Å². The third-order valence-corrected chi connectivity index (χ3v) is 5.19. The number of nitrogens with one attached hydrogen (secondary N) is 1. The Morgan fingerprint density at radius 2 is 1.83 bits per heavy atom. The van der Waals surface area contributed by atoms with Crippen LogP contribution in [0.15, 0.2) is 24.3 Å². The molecule has 4 nitrogen and oxygen atoms in total. The third kappa shape index (κ3) is 3.99. The summed E-state index contributed by atoms with van der Waals surface area (Å²) >= 11 is 0. The molecule has 1 amide bonds. The molecule has 0 aromatic heterocycles. The minimum atomic E-state index is 0. The number of nitrogens with zero attached hydrogens (tertiary/aromatic N) is 1. The summed E-state index contributed by atoms with van der Waals surface area (Å²) < 4.78 is 5.60. The molecule has 3 rings (SSSR count). The van der Waals surface area contributed by atoms with E-state index in [0.717, 1.165) is 39.0 Å². The van der Waals surface area contributed by atoms with Gasteiger partial charge in [-0.15, -0.1) is 12.4 Å². The first-order chi connectivity index (χ1) is 10.7. The summed E-state index contributed by atoms with van der Waals surface area (Å²) in [6, 6.07) is 7.59. The second kappa shape index (κ2) is 8.02. The van der Waals surface area contributed by atoms with E-state index in [-0.39, 0.29) is 18.3 Å². The van der Waals surface area contributed by atoms with Crippen LogP contribution in [0.5, 0.6) is 5.75 Å². The average molecular weight is 339 g/mol. The number of halogens is 1. The van der Waals surface area contributed by atoms with Crippen molar-refractivity contribution in [3.05, 3.63) is 29.8 Å². The number of carbonyl (C=O) groups is 1. The van der Waals surface area contributed by atoms with E-state index >= 15 is 0 Å². The summed E-state index contributed by atoms with van der Waals surface area (Å²) in [4.78, 5) is 14.8. The fourth-order valence-electron chi connectivity index (χ4n) is 3.74. The molecule has 2 aliphatic rings. The number of piperidine rings is 2. The van der Waals surface area contributed by atoms with Crippen LogP contribution in [0.3, 0.4) is 0 Å². The monoisotopic (exact) mass is 338 g/mol. The Kier molecular flexibility index (Phi) is 6.31. The molecule has 0 radical (unpaired) electrons. The van der Waals surface area contributed by atoms with Crippen molar-refractivity contribution in [2.24, 2.45) is 5.41 Å². The predicted octanol–water partition coefficient (Wildman–Crippen LogP) is 3.11. The quantitative estimate of drug-likeness (QED) is 0.920. The normalized spacial score (nSPS) is 20.0. The van der Waals surface area contributed by atoms with E-state index in [1.807, 2.05) is 36.1 Å². The van der Waals surface area contributed by atoms with Crippen molar-refractivity contribution >= 4 is 18.3 Å². The minimum Gasteiger partial charge on any atom is -0.493 e. The van der Waals surface area contributed by atoms with Crippen LogP contribution >= 0.6 is 12.4 Å². The zero-order chi connectivity index (χ0) is 15.4. The Morgan fingerprint density at radius 1 is 1.17 bits per heavy atom. The van der Waals surface area contributed by atoms with Gasteiger partial charge in [0.1, 0.15) is 5.75 Å². The lowest BCUT2D eigenvalue weighted by molar-refractivity contribution is 0.0492. The van der Waals surface area contributed by atoms with Crippen molar-refractivity contribution in [3.8, 4) is 5.75 Å². The first-order valence-electron chi connectivity index (χ1n) is 8.46. The minimum absolute atomic E-state index is 0. The van der Waals surface area contributed by atoms with Gasteiger partial charge in [0.05, 0.1) is 12.2 Å².